The molecule has 1 amide bonds. The predicted molar refractivity (Wildman–Crippen MR) is 111 cm³/mol. The number of benzene rings is 3. The first-order valence-corrected chi connectivity index (χ1v) is 9.40. The Hall–Kier alpha value is -3.94. The largest absolute Gasteiger partial charge is 0.465 e. The molecule has 152 valence electrons. The molecule has 0 saturated heterocycles. The summed E-state index contributed by atoms with van der Waals surface area (Å²) in [6, 6.07) is 18.7. The lowest BCUT2D eigenvalue weighted by molar-refractivity contribution is -0.127. The van der Waals surface area contributed by atoms with Crippen LogP contribution in [-0.4, -0.2) is 40.8 Å². The molecule has 1 atom stereocenters. The molecule has 3 aromatic carbocycles. The van der Waals surface area contributed by atoms with Gasteiger partial charge in [-0.2, -0.15) is 0 Å². The summed E-state index contributed by atoms with van der Waals surface area (Å²) in [7, 11) is 1.31. The fourth-order valence-corrected chi connectivity index (χ4v) is 3.20. The second-order valence-electron chi connectivity index (χ2n) is 6.83. The average molecular weight is 404 g/mol. The first kappa shape index (κ1) is 19.4. The van der Waals surface area contributed by atoms with Gasteiger partial charge >= 0.3 is 5.97 Å². The Balaban J connectivity index is 1.42. The number of nitrogens with one attached hydrogen (secondary N) is 1. The molecule has 8 nitrogen and oxygen atoms in total. The number of esters is 1. The highest BCUT2D eigenvalue weighted by molar-refractivity contribution is 5.93. The Morgan fingerprint density at radius 3 is 2.67 bits per heavy atom. The first-order chi connectivity index (χ1) is 14.5. The molecule has 30 heavy (non-hydrogen) atoms. The van der Waals surface area contributed by atoms with Crippen LogP contribution in [0.4, 0.5) is 0 Å². The van der Waals surface area contributed by atoms with Crippen molar-refractivity contribution < 1.29 is 19.2 Å². The monoisotopic (exact) mass is 404 g/mol. The molecule has 0 fully saturated rings. The summed E-state index contributed by atoms with van der Waals surface area (Å²) in [4.78, 5) is 30.7. The van der Waals surface area contributed by atoms with E-state index in [0.717, 1.165) is 21.2 Å². The fraction of sp³-hybridized carbons (Fsp3) is 0.182. The van der Waals surface area contributed by atoms with Crippen molar-refractivity contribution in [2.45, 2.75) is 13.0 Å². The van der Waals surface area contributed by atoms with Gasteiger partial charge in [0.1, 0.15) is 11.0 Å². The Morgan fingerprint density at radius 2 is 1.87 bits per heavy atom. The number of fused-ring (bicyclic) bond motifs is 2. The van der Waals surface area contributed by atoms with Crippen LogP contribution in [0.25, 0.3) is 21.8 Å². The summed E-state index contributed by atoms with van der Waals surface area (Å²) in [5, 5.41) is 13.0. The van der Waals surface area contributed by atoms with Crippen molar-refractivity contribution >= 4 is 33.7 Å². The minimum Gasteiger partial charge on any atom is -0.465 e. The summed E-state index contributed by atoms with van der Waals surface area (Å²) in [6.07, 6.45) is 0. The van der Waals surface area contributed by atoms with Crippen LogP contribution in [0.3, 0.4) is 0 Å². The number of ether oxygens (including phenoxy) is 1. The standard InChI is InChI=1S/C22H20N4O4/c1-14(16-8-7-15-5-3-4-6-17(15)11-16)23-21(27)13-30-26-20-12-18(22(28)29-2)9-10-19(20)24-25-26/h3-12,14H,13H2,1-2H3,(H,23,27)/t14-/m1/s1. The molecule has 8 heteroatoms. The maximum atomic E-state index is 12.4. The molecule has 0 aliphatic carbocycles. The lowest BCUT2D eigenvalue weighted by Crippen LogP contribution is -2.33. The molecule has 0 radical (unpaired) electrons. The number of hydrogen-bond acceptors (Lipinski definition) is 6. The number of rotatable bonds is 6. The van der Waals surface area contributed by atoms with Gasteiger partial charge in [0.25, 0.3) is 5.91 Å². The molecular weight excluding hydrogens is 384 g/mol. The Bertz CT molecular complexity index is 1230. The van der Waals surface area contributed by atoms with Crippen LogP contribution in [0.2, 0.25) is 0 Å². The SMILES string of the molecule is COC(=O)c1ccc2nnn(OCC(=O)N[C@H](C)c3ccc4ccccc4c3)c2c1. The van der Waals surface area contributed by atoms with Crippen molar-refractivity contribution in [2.75, 3.05) is 13.7 Å². The van der Waals surface area contributed by atoms with Crippen LogP contribution < -0.4 is 10.2 Å². The normalized spacial score (nSPS) is 11.9. The molecule has 0 aliphatic heterocycles. The maximum absolute atomic E-state index is 12.4. The van der Waals surface area contributed by atoms with Crippen molar-refractivity contribution in [1.82, 2.24) is 20.5 Å². The fourth-order valence-electron chi connectivity index (χ4n) is 3.20. The van der Waals surface area contributed by atoms with Crippen LogP contribution in [0.15, 0.2) is 60.7 Å². The average Bonchev–Trinajstić information content (AvgIpc) is 3.19. The maximum Gasteiger partial charge on any atom is 0.337 e. The molecule has 4 rings (SSSR count). The van der Waals surface area contributed by atoms with Gasteiger partial charge < -0.3 is 14.9 Å². The van der Waals surface area contributed by atoms with Gasteiger partial charge in [0.15, 0.2) is 6.61 Å². The smallest absolute Gasteiger partial charge is 0.337 e. The molecule has 0 bridgehead atoms. The van der Waals surface area contributed by atoms with Crippen molar-refractivity contribution in [1.29, 1.82) is 0 Å². The van der Waals surface area contributed by atoms with E-state index in [1.807, 2.05) is 43.3 Å². The number of nitrogens with zero attached hydrogens (tertiary/aromatic N) is 3. The van der Waals surface area contributed by atoms with Gasteiger partial charge in [0, 0.05) is 0 Å². The Morgan fingerprint density at radius 1 is 1.07 bits per heavy atom. The zero-order valence-electron chi connectivity index (χ0n) is 16.5. The van der Waals surface area contributed by atoms with E-state index < -0.39 is 5.97 Å². The van der Waals surface area contributed by atoms with Gasteiger partial charge in [-0.15, -0.1) is 5.10 Å². The zero-order chi connectivity index (χ0) is 21.1. The molecular formula is C22H20N4O4. The lowest BCUT2D eigenvalue weighted by Gasteiger charge is -2.15. The van der Waals surface area contributed by atoms with Gasteiger partial charge in [-0.05, 0) is 52.7 Å². The van der Waals surface area contributed by atoms with E-state index in [1.165, 1.54) is 7.11 Å². The highest BCUT2D eigenvalue weighted by Gasteiger charge is 2.14. The van der Waals surface area contributed by atoms with E-state index in [2.05, 4.69) is 21.7 Å². The third-order valence-electron chi connectivity index (χ3n) is 4.81. The van der Waals surface area contributed by atoms with Crippen LogP contribution in [0.1, 0.15) is 28.9 Å². The van der Waals surface area contributed by atoms with E-state index >= 15 is 0 Å². The van der Waals surface area contributed by atoms with E-state index in [9.17, 15) is 9.59 Å². The summed E-state index contributed by atoms with van der Waals surface area (Å²) in [5.74, 6) is -0.782. The van der Waals surface area contributed by atoms with Crippen molar-refractivity contribution in [3.05, 3.63) is 71.8 Å². The quantitative estimate of drug-likeness (QED) is 0.497. The Kier molecular flexibility index (Phi) is 5.30. The highest BCUT2D eigenvalue weighted by Crippen LogP contribution is 2.20. The third-order valence-corrected chi connectivity index (χ3v) is 4.81. The van der Waals surface area contributed by atoms with E-state index in [1.54, 1.807) is 18.2 Å². The van der Waals surface area contributed by atoms with Crippen molar-refractivity contribution in [2.24, 2.45) is 0 Å². The molecule has 1 N–H and O–H groups in total. The molecule has 4 aromatic rings. The third kappa shape index (κ3) is 3.93. The minimum atomic E-state index is -0.480. The predicted octanol–water partition coefficient (Wildman–Crippen LogP) is 2.68. The van der Waals surface area contributed by atoms with E-state index in [4.69, 9.17) is 9.57 Å². The van der Waals surface area contributed by atoms with Crippen LogP contribution in [-0.2, 0) is 9.53 Å². The highest BCUT2D eigenvalue weighted by atomic mass is 16.7. The molecule has 0 aliphatic rings. The molecule has 0 saturated carbocycles. The Labute approximate surface area is 172 Å². The molecule has 0 unspecified atom stereocenters. The first-order valence-electron chi connectivity index (χ1n) is 9.40. The second-order valence-corrected chi connectivity index (χ2v) is 6.83. The number of aromatic nitrogens is 3. The second kappa shape index (κ2) is 8.20. The number of amides is 1. The van der Waals surface area contributed by atoms with E-state index in [-0.39, 0.29) is 18.6 Å². The molecule has 1 heterocycles. The van der Waals surface area contributed by atoms with Gasteiger partial charge in [-0.1, -0.05) is 41.2 Å². The number of carbonyl (C=O) groups is 2. The van der Waals surface area contributed by atoms with Crippen molar-refractivity contribution in [3.8, 4) is 0 Å². The number of hydrogen-bond donors (Lipinski definition) is 1. The van der Waals surface area contributed by atoms with Gasteiger partial charge in [-0.3, -0.25) is 4.79 Å². The van der Waals surface area contributed by atoms with Crippen LogP contribution in [0, 0.1) is 0 Å². The lowest BCUT2D eigenvalue weighted by atomic mass is 10.0. The summed E-state index contributed by atoms with van der Waals surface area (Å²) in [5.41, 5.74) is 2.34. The zero-order valence-corrected chi connectivity index (χ0v) is 16.5. The number of methoxy groups -OCH3 is 1. The van der Waals surface area contributed by atoms with Gasteiger partial charge in [0.2, 0.25) is 0 Å². The van der Waals surface area contributed by atoms with Gasteiger partial charge in [0.05, 0.1) is 18.7 Å². The number of carbonyl (C=O) groups excluding carboxylic acids is 2. The van der Waals surface area contributed by atoms with Crippen molar-refractivity contribution in [3.63, 3.8) is 0 Å². The minimum absolute atomic E-state index is 0.191. The van der Waals surface area contributed by atoms with Gasteiger partial charge in [-0.25, -0.2) is 4.79 Å². The summed E-state index contributed by atoms with van der Waals surface area (Å²) < 4.78 is 4.72. The van der Waals surface area contributed by atoms with Crippen LogP contribution >= 0.6 is 0 Å². The summed E-state index contributed by atoms with van der Waals surface area (Å²) >= 11 is 0. The molecule has 1 aromatic heterocycles. The van der Waals surface area contributed by atoms with Crippen LogP contribution in [0.5, 0.6) is 0 Å². The summed E-state index contributed by atoms with van der Waals surface area (Å²) in [6.45, 7) is 1.66. The molecule has 0 spiro atoms. The topological polar surface area (TPSA) is 95.3 Å². The van der Waals surface area contributed by atoms with E-state index in [0.29, 0.717) is 16.6 Å².